The molecule has 1 saturated carbocycles. The van der Waals surface area contributed by atoms with E-state index in [0.717, 1.165) is 18.2 Å². The molecule has 0 aromatic heterocycles. The van der Waals surface area contributed by atoms with Crippen LogP contribution in [0.5, 0.6) is 0 Å². The van der Waals surface area contributed by atoms with Gasteiger partial charge in [0.15, 0.2) is 0 Å². The van der Waals surface area contributed by atoms with Crippen LogP contribution >= 0.6 is 15.9 Å². The molecule has 0 amide bonds. The summed E-state index contributed by atoms with van der Waals surface area (Å²) in [6, 6.07) is 0. The van der Waals surface area contributed by atoms with E-state index >= 15 is 0 Å². The second-order valence-electron chi connectivity index (χ2n) is 3.56. The third-order valence-corrected chi connectivity index (χ3v) is 3.36. The second kappa shape index (κ2) is 3.22. The molecular weight excluding hydrogens is 192 g/mol. The highest BCUT2D eigenvalue weighted by Crippen LogP contribution is 2.33. The summed E-state index contributed by atoms with van der Waals surface area (Å²) in [5.74, 6) is 0.705. The summed E-state index contributed by atoms with van der Waals surface area (Å²) in [6.45, 7) is 2.22. The van der Waals surface area contributed by atoms with Crippen LogP contribution in [0.1, 0.15) is 32.6 Å². The fourth-order valence-electron chi connectivity index (χ4n) is 1.75. The molecule has 60 valence electrons. The van der Waals surface area contributed by atoms with Crippen molar-refractivity contribution in [1.82, 2.24) is 0 Å². The molecule has 1 aliphatic carbocycles. The Morgan fingerprint density at radius 3 is 2.80 bits per heavy atom. The molecule has 1 nitrogen and oxygen atoms in total. The Bertz CT molecular complexity index is 116. The standard InChI is InChI=1S/C8H15BrO/c1-7-3-2-4-8(10,5-7)6-9/h7,10H,2-6H2,1H3. The van der Waals surface area contributed by atoms with E-state index in [1.165, 1.54) is 12.8 Å². The number of rotatable bonds is 1. The lowest BCUT2D eigenvalue weighted by Gasteiger charge is -2.33. The van der Waals surface area contributed by atoms with Gasteiger partial charge < -0.3 is 5.11 Å². The largest absolute Gasteiger partial charge is 0.389 e. The molecule has 0 aliphatic heterocycles. The molecule has 0 spiro atoms. The van der Waals surface area contributed by atoms with E-state index in [9.17, 15) is 5.11 Å². The molecule has 0 heterocycles. The van der Waals surface area contributed by atoms with Crippen LogP contribution < -0.4 is 0 Å². The molecule has 1 N–H and O–H groups in total. The number of alkyl halides is 1. The van der Waals surface area contributed by atoms with Gasteiger partial charge in [-0.25, -0.2) is 0 Å². The molecule has 1 rings (SSSR count). The maximum atomic E-state index is 9.80. The number of hydrogen-bond donors (Lipinski definition) is 1. The highest BCUT2D eigenvalue weighted by molar-refractivity contribution is 9.09. The van der Waals surface area contributed by atoms with Crippen molar-refractivity contribution in [2.45, 2.75) is 38.2 Å². The summed E-state index contributed by atoms with van der Waals surface area (Å²) >= 11 is 3.34. The Morgan fingerprint density at radius 1 is 1.70 bits per heavy atom. The van der Waals surface area contributed by atoms with Crippen molar-refractivity contribution < 1.29 is 5.11 Å². The average molecular weight is 207 g/mol. The molecule has 1 fully saturated rings. The summed E-state index contributed by atoms with van der Waals surface area (Å²) < 4.78 is 0. The van der Waals surface area contributed by atoms with Crippen LogP contribution in [0, 0.1) is 5.92 Å². The molecule has 0 bridgehead atoms. The smallest absolute Gasteiger partial charge is 0.0746 e. The van der Waals surface area contributed by atoms with Gasteiger partial charge in [0.2, 0.25) is 0 Å². The number of hydrogen-bond acceptors (Lipinski definition) is 1. The quantitative estimate of drug-likeness (QED) is 0.654. The van der Waals surface area contributed by atoms with Crippen LogP contribution in [0.15, 0.2) is 0 Å². The highest BCUT2D eigenvalue weighted by Gasteiger charge is 2.30. The van der Waals surface area contributed by atoms with Gasteiger partial charge in [-0.15, -0.1) is 0 Å². The van der Waals surface area contributed by atoms with Crippen LogP contribution in [0.4, 0.5) is 0 Å². The number of halogens is 1. The third-order valence-electron chi connectivity index (χ3n) is 2.32. The van der Waals surface area contributed by atoms with Crippen molar-refractivity contribution in [2.75, 3.05) is 5.33 Å². The summed E-state index contributed by atoms with van der Waals surface area (Å²) in [7, 11) is 0. The number of aliphatic hydroxyl groups is 1. The average Bonchev–Trinajstić information content (AvgIpc) is 1.88. The van der Waals surface area contributed by atoms with Crippen LogP contribution in [0.2, 0.25) is 0 Å². The Balaban J connectivity index is 2.45. The molecule has 1 aliphatic rings. The topological polar surface area (TPSA) is 20.2 Å². The van der Waals surface area contributed by atoms with Gasteiger partial charge in [0, 0.05) is 5.33 Å². The van der Waals surface area contributed by atoms with Crippen LogP contribution in [0.25, 0.3) is 0 Å². The molecule has 0 radical (unpaired) electrons. The van der Waals surface area contributed by atoms with Gasteiger partial charge in [-0.3, -0.25) is 0 Å². The SMILES string of the molecule is CC1CCCC(O)(CBr)C1. The van der Waals surface area contributed by atoms with Gasteiger partial charge >= 0.3 is 0 Å². The lowest BCUT2D eigenvalue weighted by molar-refractivity contribution is 0.0102. The van der Waals surface area contributed by atoms with E-state index in [1.807, 2.05) is 0 Å². The minimum absolute atomic E-state index is 0.391. The van der Waals surface area contributed by atoms with Crippen molar-refractivity contribution in [3.8, 4) is 0 Å². The van der Waals surface area contributed by atoms with Crippen molar-refractivity contribution in [3.63, 3.8) is 0 Å². The maximum Gasteiger partial charge on any atom is 0.0746 e. The van der Waals surface area contributed by atoms with Crippen molar-refractivity contribution >= 4 is 15.9 Å². The van der Waals surface area contributed by atoms with Crippen LogP contribution in [0.3, 0.4) is 0 Å². The van der Waals surface area contributed by atoms with E-state index < -0.39 is 5.60 Å². The van der Waals surface area contributed by atoms with Gasteiger partial charge in [0.1, 0.15) is 0 Å². The Labute approximate surface area is 70.9 Å². The van der Waals surface area contributed by atoms with Gasteiger partial charge in [-0.2, -0.15) is 0 Å². The molecule has 2 atom stereocenters. The molecule has 10 heavy (non-hydrogen) atoms. The maximum absolute atomic E-state index is 9.80. The lowest BCUT2D eigenvalue weighted by Crippen LogP contribution is -2.35. The minimum Gasteiger partial charge on any atom is -0.389 e. The third kappa shape index (κ3) is 1.96. The second-order valence-corrected chi connectivity index (χ2v) is 4.12. The Hall–Kier alpha value is 0.440. The normalized spacial score (nSPS) is 41.7. The van der Waals surface area contributed by atoms with Gasteiger partial charge in [-0.1, -0.05) is 35.7 Å². The summed E-state index contributed by atoms with van der Waals surface area (Å²) in [6.07, 6.45) is 4.42. The molecule has 2 unspecified atom stereocenters. The zero-order chi connectivity index (χ0) is 7.61. The van der Waals surface area contributed by atoms with E-state index in [4.69, 9.17) is 0 Å². The predicted molar refractivity (Wildman–Crippen MR) is 46.4 cm³/mol. The fourth-order valence-corrected chi connectivity index (χ4v) is 2.26. The summed E-state index contributed by atoms with van der Waals surface area (Å²) in [5.41, 5.74) is -0.391. The Kier molecular flexibility index (Phi) is 2.75. The van der Waals surface area contributed by atoms with Crippen molar-refractivity contribution in [1.29, 1.82) is 0 Å². The summed E-state index contributed by atoms with van der Waals surface area (Å²) in [5, 5.41) is 10.5. The Morgan fingerprint density at radius 2 is 2.40 bits per heavy atom. The van der Waals surface area contributed by atoms with E-state index in [2.05, 4.69) is 22.9 Å². The predicted octanol–water partition coefficient (Wildman–Crippen LogP) is 2.32. The molecule has 2 heteroatoms. The highest BCUT2D eigenvalue weighted by atomic mass is 79.9. The van der Waals surface area contributed by atoms with Crippen LogP contribution in [-0.2, 0) is 0 Å². The molecular formula is C8H15BrO. The minimum atomic E-state index is -0.391. The first kappa shape index (κ1) is 8.54. The van der Waals surface area contributed by atoms with Crippen molar-refractivity contribution in [3.05, 3.63) is 0 Å². The lowest BCUT2D eigenvalue weighted by atomic mass is 9.80. The summed E-state index contributed by atoms with van der Waals surface area (Å²) in [4.78, 5) is 0. The molecule has 0 aromatic carbocycles. The van der Waals surface area contributed by atoms with E-state index in [1.54, 1.807) is 0 Å². The first-order chi connectivity index (χ1) is 4.66. The van der Waals surface area contributed by atoms with Gasteiger partial charge in [0.05, 0.1) is 5.60 Å². The zero-order valence-electron chi connectivity index (χ0n) is 6.44. The first-order valence-corrected chi connectivity index (χ1v) is 5.07. The van der Waals surface area contributed by atoms with E-state index in [-0.39, 0.29) is 0 Å². The first-order valence-electron chi connectivity index (χ1n) is 3.95. The van der Waals surface area contributed by atoms with Crippen molar-refractivity contribution in [2.24, 2.45) is 5.92 Å². The fraction of sp³-hybridized carbons (Fsp3) is 1.00. The van der Waals surface area contributed by atoms with Gasteiger partial charge in [-0.05, 0) is 18.8 Å². The van der Waals surface area contributed by atoms with E-state index in [0.29, 0.717) is 5.92 Å². The zero-order valence-corrected chi connectivity index (χ0v) is 8.02. The van der Waals surface area contributed by atoms with Gasteiger partial charge in [0.25, 0.3) is 0 Å². The molecule has 0 saturated heterocycles. The monoisotopic (exact) mass is 206 g/mol. The molecule has 0 aromatic rings. The van der Waals surface area contributed by atoms with Crippen LogP contribution in [-0.4, -0.2) is 16.0 Å².